The number of para-hydroxylation sites is 1. The molecular formula is C22H36N2O5S. The molecule has 0 bridgehead atoms. The highest BCUT2D eigenvalue weighted by molar-refractivity contribution is 7.88. The molecule has 7 nitrogen and oxygen atoms in total. The minimum Gasteiger partial charge on any atom is -0.488 e. The van der Waals surface area contributed by atoms with E-state index < -0.39 is 10.0 Å². The molecule has 3 rings (SSSR count). The highest BCUT2D eigenvalue weighted by Gasteiger charge is 2.30. The van der Waals surface area contributed by atoms with E-state index >= 15 is 0 Å². The zero-order valence-corrected chi connectivity index (χ0v) is 18.9. The molecule has 1 heterocycles. The van der Waals surface area contributed by atoms with E-state index in [9.17, 15) is 13.5 Å². The van der Waals surface area contributed by atoms with Gasteiger partial charge < -0.3 is 19.9 Å². The van der Waals surface area contributed by atoms with Crippen molar-refractivity contribution in [1.82, 2.24) is 10.0 Å². The molecule has 1 saturated carbocycles. The highest BCUT2D eigenvalue weighted by atomic mass is 32.2. The smallest absolute Gasteiger partial charge is 0.209 e. The summed E-state index contributed by atoms with van der Waals surface area (Å²) in [6.07, 6.45) is 7.01. The minimum atomic E-state index is -3.23. The maximum Gasteiger partial charge on any atom is 0.209 e. The summed E-state index contributed by atoms with van der Waals surface area (Å²) in [6.45, 7) is 3.29. The summed E-state index contributed by atoms with van der Waals surface area (Å²) < 4.78 is 38.1. The molecule has 0 radical (unpaired) electrons. The van der Waals surface area contributed by atoms with E-state index in [-0.39, 0.29) is 30.9 Å². The molecule has 3 atom stereocenters. The number of sulfonamides is 1. The number of benzene rings is 1. The van der Waals surface area contributed by atoms with Crippen molar-refractivity contribution in [2.45, 2.75) is 75.7 Å². The van der Waals surface area contributed by atoms with Crippen LogP contribution in [0.3, 0.4) is 0 Å². The van der Waals surface area contributed by atoms with Crippen LogP contribution in [0.1, 0.15) is 56.9 Å². The second-order valence-electron chi connectivity index (χ2n) is 8.66. The van der Waals surface area contributed by atoms with Crippen molar-refractivity contribution in [1.29, 1.82) is 0 Å². The monoisotopic (exact) mass is 440 g/mol. The van der Waals surface area contributed by atoms with Crippen LogP contribution in [0, 0.1) is 0 Å². The lowest BCUT2D eigenvalue weighted by molar-refractivity contribution is 0.00501. The molecule has 0 amide bonds. The lowest BCUT2D eigenvalue weighted by atomic mass is 9.82. The first-order valence-electron chi connectivity index (χ1n) is 11.0. The van der Waals surface area contributed by atoms with Crippen LogP contribution in [0.4, 0.5) is 0 Å². The lowest BCUT2D eigenvalue weighted by Gasteiger charge is -2.35. The Morgan fingerprint density at radius 3 is 2.63 bits per heavy atom. The van der Waals surface area contributed by atoms with E-state index in [2.05, 4.69) is 16.1 Å². The molecule has 2 fully saturated rings. The minimum absolute atomic E-state index is 0.000694. The summed E-state index contributed by atoms with van der Waals surface area (Å²) in [5.74, 6) is 1.30. The second-order valence-corrected chi connectivity index (χ2v) is 10.4. The molecule has 0 spiro atoms. The number of ether oxygens (including phenoxy) is 2. The van der Waals surface area contributed by atoms with Gasteiger partial charge in [0.15, 0.2) is 0 Å². The van der Waals surface area contributed by atoms with Crippen molar-refractivity contribution in [2.24, 2.45) is 0 Å². The molecular weight excluding hydrogens is 404 g/mol. The third kappa shape index (κ3) is 6.92. The first kappa shape index (κ1) is 23.5. The fraction of sp³-hybridized carbons (Fsp3) is 0.727. The van der Waals surface area contributed by atoms with Gasteiger partial charge in [-0.1, -0.05) is 18.2 Å². The van der Waals surface area contributed by atoms with E-state index in [0.29, 0.717) is 12.5 Å². The molecule has 170 valence electrons. The van der Waals surface area contributed by atoms with Crippen LogP contribution in [0.5, 0.6) is 5.75 Å². The number of hydrogen-bond donors (Lipinski definition) is 3. The molecule has 1 aliphatic heterocycles. The maximum atomic E-state index is 11.6. The van der Waals surface area contributed by atoms with Crippen LogP contribution < -0.4 is 14.8 Å². The molecule has 1 saturated heterocycles. The van der Waals surface area contributed by atoms with Crippen LogP contribution in [0.15, 0.2) is 24.3 Å². The van der Waals surface area contributed by atoms with Gasteiger partial charge in [-0.15, -0.1) is 0 Å². The average Bonchev–Trinajstić information content (AvgIpc) is 2.73. The third-order valence-electron chi connectivity index (χ3n) is 6.08. The van der Waals surface area contributed by atoms with E-state index in [4.69, 9.17) is 9.47 Å². The summed E-state index contributed by atoms with van der Waals surface area (Å²) in [6, 6.07) is 8.02. The zero-order chi connectivity index (χ0) is 21.6. The Morgan fingerprint density at radius 1 is 1.20 bits per heavy atom. The van der Waals surface area contributed by atoms with Crippen molar-refractivity contribution < 1.29 is 23.0 Å². The van der Waals surface area contributed by atoms with Crippen molar-refractivity contribution >= 4 is 10.0 Å². The number of rotatable bonds is 9. The van der Waals surface area contributed by atoms with Crippen LogP contribution in [-0.2, 0) is 14.8 Å². The maximum absolute atomic E-state index is 11.6. The quantitative estimate of drug-likeness (QED) is 0.545. The van der Waals surface area contributed by atoms with Gasteiger partial charge in [0.2, 0.25) is 10.0 Å². The van der Waals surface area contributed by atoms with Gasteiger partial charge in [0.1, 0.15) is 11.9 Å². The van der Waals surface area contributed by atoms with Crippen LogP contribution >= 0.6 is 0 Å². The standard InChI is InChI=1S/C22H36N2O5S/c1-16(14-25)29-22-8-4-3-6-19(22)17-9-11-18(12-10-17)28-15-21-20(7-5-13-23-21)24-30(2,26)27/h3-4,6,8,16-18,20-21,23-25H,5,7,9-15H2,1-2H3/t16-,17-,18+,20-,21-/m0/s1. The van der Waals surface area contributed by atoms with E-state index in [0.717, 1.165) is 50.8 Å². The summed E-state index contributed by atoms with van der Waals surface area (Å²) in [7, 11) is -3.23. The SMILES string of the molecule is C[C@@H](CO)Oc1ccccc1[C@H]1CC[C@@H](OC[C@@H]2NCCC[C@@H]2NS(C)(=O)=O)CC1. The third-order valence-corrected chi connectivity index (χ3v) is 6.81. The topological polar surface area (TPSA) is 96.9 Å². The summed E-state index contributed by atoms with van der Waals surface area (Å²) in [5, 5.41) is 12.7. The molecule has 30 heavy (non-hydrogen) atoms. The van der Waals surface area contributed by atoms with Gasteiger partial charge in [-0.2, -0.15) is 0 Å². The molecule has 2 aliphatic rings. The van der Waals surface area contributed by atoms with Gasteiger partial charge in [-0.3, -0.25) is 0 Å². The van der Waals surface area contributed by atoms with Crippen LogP contribution in [0.25, 0.3) is 0 Å². The Morgan fingerprint density at radius 2 is 1.93 bits per heavy atom. The fourth-order valence-corrected chi connectivity index (χ4v) is 5.34. The molecule has 1 aromatic carbocycles. The summed E-state index contributed by atoms with van der Waals surface area (Å²) >= 11 is 0. The van der Waals surface area contributed by atoms with Gasteiger partial charge in [0, 0.05) is 12.1 Å². The molecule has 0 aromatic heterocycles. The van der Waals surface area contributed by atoms with Crippen molar-refractivity contribution in [3.63, 3.8) is 0 Å². The van der Waals surface area contributed by atoms with Crippen LogP contribution in [0.2, 0.25) is 0 Å². The predicted molar refractivity (Wildman–Crippen MR) is 117 cm³/mol. The molecule has 0 unspecified atom stereocenters. The van der Waals surface area contributed by atoms with Crippen molar-refractivity contribution in [3.05, 3.63) is 29.8 Å². The largest absolute Gasteiger partial charge is 0.488 e. The highest BCUT2D eigenvalue weighted by Crippen LogP contribution is 2.38. The summed E-state index contributed by atoms with van der Waals surface area (Å²) in [4.78, 5) is 0. The fourth-order valence-electron chi connectivity index (χ4n) is 4.50. The Hall–Kier alpha value is -1.19. The molecule has 8 heteroatoms. The van der Waals surface area contributed by atoms with E-state index in [1.807, 2.05) is 25.1 Å². The molecule has 1 aromatic rings. The number of hydrogen-bond acceptors (Lipinski definition) is 6. The van der Waals surface area contributed by atoms with Gasteiger partial charge >= 0.3 is 0 Å². The van der Waals surface area contributed by atoms with Gasteiger partial charge in [0.05, 0.1) is 25.6 Å². The van der Waals surface area contributed by atoms with Gasteiger partial charge in [0.25, 0.3) is 0 Å². The second kappa shape index (κ2) is 10.9. The normalized spacial score (nSPS) is 28.8. The van der Waals surface area contributed by atoms with Gasteiger partial charge in [-0.05, 0) is 69.5 Å². The zero-order valence-electron chi connectivity index (χ0n) is 18.0. The number of nitrogens with one attached hydrogen (secondary N) is 2. The Labute approximate surface area is 180 Å². The van der Waals surface area contributed by atoms with E-state index in [1.54, 1.807) is 0 Å². The lowest BCUT2D eigenvalue weighted by Crippen LogP contribution is -2.55. The van der Waals surface area contributed by atoms with Gasteiger partial charge in [-0.25, -0.2) is 13.1 Å². The Bertz CT molecular complexity index is 765. The molecule has 1 aliphatic carbocycles. The number of piperidine rings is 1. The van der Waals surface area contributed by atoms with Crippen LogP contribution in [-0.4, -0.2) is 63.8 Å². The Kier molecular flexibility index (Phi) is 8.53. The first-order valence-corrected chi connectivity index (χ1v) is 12.9. The van der Waals surface area contributed by atoms with Crippen molar-refractivity contribution in [3.8, 4) is 5.75 Å². The number of aliphatic hydroxyl groups is 1. The van der Waals surface area contributed by atoms with E-state index in [1.165, 1.54) is 11.8 Å². The van der Waals surface area contributed by atoms with Crippen molar-refractivity contribution in [2.75, 3.05) is 26.0 Å². The first-order chi connectivity index (χ1) is 14.4. The Balaban J connectivity index is 1.50. The average molecular weight is 441 g/mol. The molecule has 3 N–H and O–H groups in total. The number of aliphatic hydroxyl groups excluding tert-OH is 1. The summed E-state index contributed by atoms with van der Waals surface area (Å²) in [5.41, 5.74) is 1.21. The predicted octanol–water partition coefficient (Wildman–Crippen LogP) is 2.16.